The number of hydrogen-bond donors (Lipinski definition) is 2. The molecule has 0 spiro atoms. The third kappa shape index (κ3) is 3.11. The van der Waals surface area contributed by atoms with Gasteiger partial charge in [-0.3, -0.25) is 9.69 Å². The number of nitrogens with zero attached hydrogens (tertiary/aromatic N) is 1. The number of nitrogens with one attached hydrogen (secondary N) is 1. The highest BCUT2D eigenvalue weighted by Gasteiger charge is 2.47. The molecule has 1 aliphatic carbocycles. The van der Waals surface area contributed by atoms with Crippen molar-refractivity contribution in [3.05, 3.63) is 0 Å². The third-order valence-corrected chi connectivity index (χ3v) is 5.05. The zero-order chi connectivity index (χ0) is 13.9. The third-order valence-electron chi connectivity index (χ3n) is 5.05. The lowest BCUT2D eigenvalue weighted by Gasteiger charge is -2.46. The molecule has 0 aromatic carbocycles. The van der Waals surface area contributed by atoms with Gasteiger partial charge in [0.05, 0.1) is 0 Å². The normalized spacial score (nSPS) is 34.2. The molecule has 0 amide bonds. The van der Waals surface area contributed by atoms with Crippen LogP contribution in [0.15, 0.2) is 0 Å². The maximum atomic E-state index is 12.0. The van der Waals surface area contributed by atoms with Gasteiger partial charge in [0, 0.05) is 19.6 Å². The Morgan fingerprint density at radius 2 is 2.11 bits per heavy atom. The van der Waals surface area contributed by atoms with Gasteiger partial charge in [-0.1, -0.05) is 26.7 Å². The van der Waals surface area contributed by atoms with E-state index in [-0.39, 0.29) is 0 Å². The molecule has 1 heterocycles. The van der Waals surface area contributed by atoms with Crippen molar-refractivity contribution in [1.82, 2.24) is 10.2 Å². The Hall–Kier alpha value is -0.610. The Kier molecular flexibility index (Phi) is 4.85. The molecule has 1 aliphatic heterocycles. The highest BCUT2D eigenvalue weighted by atomic mass is 16.4. The van der Waals surface area contributed by atoms with Gasteiger partial charge in [-0.2, -0.15) is 0 Å². The molecule has 2 rings (SSSR count). The standard InChI is InChI=1S/C15H28N2O2/c1-12(2)13-5-3-6-15(11-13,14(18)19)17-9-4-7-16-8-10-17/h12-13,16H,3-11H2,1-2H3,(H,18,19). The van der Waals surface area contributed by atoms with Gasteiger partial charge in [0.1, 0.15) is 5.54 Å². The average molecular weight is 268 g/mol. The van der Waals surface area contributed by atoms with E-state index in [9.17, 15) is 9.90 Å². The second kappa shape index (κ2) is 6.23. The maximum absolute atomic E-state index is 12.0. The van der Waals surface area contributed by atoms with Crippen LogP contribution in [0.5, 0.6) is 0 Å². The Bertz CT molecular complexity index is 311. The Labute approximate surface area is 116 Å². The molecule has 2 fully saturated rings. The van der Waals surface area contributed by atoms with Crippen molar-refractivity contribution < 1.29 is 9.90 Å². The average Bonchev–Trinajstić information content (AvgIpc) is 2.67. The molecule has 2 unspecified atom stereocenters. The topological polar surface area (TPSA) is 52.6 Å². The Morgan fingerprint density at radius 1 is 1.32 bits per heavy atom. The van der Waals surface area contributed by atoms with Crippen LogP contribution in [-0.2, 0) is 4.79 Å². The fourth-order valence-corrected chi connectivity index (χ4v) is 3.75. The minimum Gasteiger partial charge on any atom is -0.480 e. The fourth-order valence-electron chi connectivity index (χ4n) is 3.75. The van der Waals surface area contributed by atoms with Gasteiger partial charge in [-0.15, -0.1) is 0 Å². The van der Waals surface area contributed by atoms with Crippen molar-refractivity contribution in [1.29, 1.82) is 0 Å². The van der Waals surface area contributed by atoms with Gasteiger partial charge >= 0.3 is 5.97 Å². The van der Waals surface area contributed by atoms with E-state index in [1.54, 1.807) is 0 Å². The maximum Gasteiger partial charge on any atom is 0.324 e. The summed E-state index contributed by atoms with van der Waals surface area (Å²) < 4.78 is 0. The number of carbonyl (C=O) groups is 1. The van der Waals surface area contributed by atoms with E-state index in [0.29, 0.717) is 11.8 Å². The zero-order valence-electron chi connectivity index (χ0n) is 12.3. The van der Waals surface area contributed by atoms with E-state index in [4.69, 9.17) is 0 Å². The van der Waals surface area contributed by atoms with Gasteiger partial charge in [-0.25, -0.2) is 0 Å². The lowest BCUT2D eigenvalue weighted by Crippen LogP contribution is -2.58. The summed E-state index contributed by atoms with van der Waals surface area (Å²) in [5.74, 6) is 0.546. The van der Waals surface area contributed by atoms with Gasteiger partial charge in [0.2, 0.25) is 0 Å². The van der Waals surface area contributed by atoms with Crippen molar-refractivity contribution in [3.63, 3.8) is 0 Å². The molecule has 2 N–H and O–H groups in total. The van der Waals surface area contributed by atoms with E-state index in [2.05, 4.69) is 24.1 Å². The van der Waals surface area contributed by atoms with Gasteiger partial charge in [0.25, 0.3) is 0 Å². The van der Waals surface area contributed by atoms with Crippen molar-refractivity contribution in [2.24, 2.45) is 11.8 Å². The smallest absolute Gasteiger partial charge is 0.324 e. The molecule has 0 aromatic rings. The Balaban J connectivity index is 2.18. The van der Waals surface area contributed by atoms with Gasteiger partial charge in [0.15, 0.2) is 0 Å². The van der Waals surface area contributed by atoms with E-state index in [0.717, 1.165) is 51.9 Å². The minimum atomic E-state index is -0.598. The van der Waals surface area contributed by atoms with Gasteiger partial charge < -0.3 is 10.4 Å². The molecule has 2 aliphatic rings. The summed E-state index contributed by atoms with van der Waals surface area (Å²) in [5.41, 5.74) is -0.598. The fraction of sp³-hybridized carbons (Fsp3) is 0.933. The molecular weight excluding hydrogens is 240 g/mol. The van der Waals surface area contributed by atoms with Crippen LogP contribution in [0.3, 0.4) is 0 Å². The monoisotopic (exact) mass is 268 g/mol. The zero-order valence-corrected chi connectivity index (χ0v) is 12.3. The number of carboxylic acid groups (broad SMARTS) is 1. The predicted octanol–water partition coefficient (Wildman–Crippen LogP) is 1.95. The van der Waals surface area contributed by atoms with E-state index in [1.165, 1.54) is 6.42 Å². The van der Waals surface area contributed by atoms with Crippen LogP contribution < -0.4 is 5.32 Å². The van der Waals surface area contributed by atoms with Crippen LogP contribution >= 0.6 is 0 Å². The molecule has 4 heteroatoms. The van der Waals surface area contributed by atoms with Crippen molar-refractivity contribution in [2.75, 3.05) is 26.2 Å². The first-order valence-electron chi connectivity index (χ1n) is 7.75. The molecule has 19 heavy (non-hydrogen) atoms. The van der Waals surface area contributed by atoms with Crippen LogP contribution in [0.4, 0.5) is 0 Å². The SMILES string of the molecule is CC(C)C1CCCC(C(=O)O)(N2CCCNCC2)C1. The van der Waals surface area contributed by atoms with Gasteiger partial charge in [-0.05, 0) is 37.6 Å². The minimum absolute atomic E-state index is 0.557. The summed E-state index contributed by atoms with van der Waals surface area (Å²) in [7, 11) is 0. The van der Waals surface area contributed by atoms with Crippen molar-refractivity contribution in [2.45, 2.75) is 51.5 Å². The number of rotatable bonds is 3. The highest BCUT2D eigenvalue weighted by Crippen LogP contribution is 2.40. The van der Waals surface area contributed by atoms with Crippen LogP contribution in [0, 0.1) is 11.8 Å². The number of hydrogen-bond acceptors (Lipinski definition) is 3. The highest BCUT2D eigenvalue weighted by molar-refractivity contribution is 5.79. The van der Waals surface area contributed by atoms with E-state index in [1.807, 2.05) is 0 Å². The molecule has 1 saturated carbocycles. The molecule has 2 atom stereocenters. The van der Waals surface area contributed by atoms with Crippen molar-refractivity contribution in [3.8, 4) is 0 Å². The number of carboxylic acids is 1. The van der Waals surface area contributed by atoms with Crippen LogP contribution in [0.1, 0.15) is 46.0 Å². The Morgan fingerprint density at radius 3 is 2.79 bits per heavy atom. The van der Waals surface area contributed by atoms with E-state index >= 15 is 0 Å². The second-order valence-electron chi connectivity index (χ2n) is 6.53. The summed E-state index contributed by atoms with van der Waals surface area (Å²) in [6.07, 6.45) is 4.96. The second-order valence-corrected chi connectivity index (χ2v) is 6.53. The molecule has 110 valence electrons. The molecule has 1 saturated heterocycles. The lowest BCUT2D eigenvalue weighted by atomic mass is 9.70. The summed E-state index contributed by atoms with van der Waals surface area (Å²) in [4.78, 5) is 14.2. The first kappa shape index (κ1) is 14.8. The molecule has 4 nitrogen and oxygen atoms in total. The van der Waals surface area contributed by atoms with Crippen molar-refractivity contribution >= 4 is 5.97 Å². The van der Waals surface area contributed by atoms with Crippen LogP contribution in [0.25, 0.3) is 0 Å². The summed E-state index contributed by atoms with van der Waals surface area (Å²) in [5, 5.41) is 13.2. The summed E-state index contributed by atoms with van der Waals surface area (Å²) in [6, 6.07) is 0. The predicted molar refractivity (Wildman–Crippen MR) is 76.2 cm³/mol. The van der Waals surface area contributed by atoms with E-state index < -0.39 is 11.5 Å². The largest absolute Gasteiger partial charge is 0.480 e. The summed E-state index contributed by atoms with van der Waals surface area (Å²) >= 11 is 0. The first-order chi connectivity index (χ1) is 9.06. The molecule has 0 radical (unpaired) electrons. The molecular formula is C15H28N2O2. The summed E-state index contributed by atoms with van der Waals surface area (Å²) in [6.45, 7) is 8.18. The quantitative estimate of drug-likeness (QED) is 0.821. The first-order valence-corrected chi connectivity index (χ1v) is 7.75. The lowest BCUT2D eigenvalue weighted by molar-refractivity contribution is -0.156. The van der Waals surface area contributed by atoms with Crippen LogP contribution in [-0.4, -0.2) is 47.7 Å². The number of aliphatic carboxylic acids is 1. The van der Waals surface area contributed by atoms with Crippen LogP contribution in [0.2, 0.25) is 0 Å². The molecule has 0 bridgehead atoms. The molecule has 0 aromatic heterocycles.